The maximum Gasteiger partial charge on any atom is 0.123 e. The third-order valence-corrected chi connectivity index (χ3v) is 2.62. The minimum absolute atomic E-state index is 0.683. The highest BCUT2D eigenvalue weighted by atomic mass is 16.5. The fourth-order valence-electron chi connectivity index (χ4n) is 1.69. The smallest absolute Gasteiger partial charge is 0.123 e. The molecule has 102 valence electrons. The van der Waals surface area contributed by atoms with Crippen LogP contribution in [0.5, 0.6) is 11.5 Å². The van der Waals surface area contributed by atoms with Gasteiger partial charge in [-0.25, -0.2) is 0 Å². The number of nitrogens with one attached hydrogen (secondary N) is 1. The number of benzene rings is 1. The number of unbranched alkanes of at least 4 members (excludes halogenated alkanes) is 2. The van der Waals surface area contributed by atoms with Gasteiger partial charge in [0.05, 0.1) is 6.61 Å². The zero-order chi connectivity index (χ0) is 13.1. The molecule has 18 heavy (non-hydrogen) atoms. The van der Waals surface area contributed by atoms with Gasteiger partial charge in [-0.1, -0.05) is 25.8 Å². The molecule has 0 bridgehead atoms. The zero-order valence-electron chi connectivity index (χ0n) is 11.6. The Labute approximate surface area is 110 Å². The predicted octanol–water partition coefficient (Wildman–Crippen LogP) is 3.24. The van der Waals surface area contributed by atoms with Crippen molar-refractivity contribution in [2.45, 2.75) is 33.1 Å². The largest absolute Gasteiger partial charge is 0.494 e. The van der Waals surface area contributed by atoms with Gasteiger partial charge in [-0.3, -0.25) is 0 Å². The lowest BCUT2D eigenvalue weighted by Gasteiger charge is -2.09. The number of hydrogen-bond donors (Lipinski definition) is 1. The summed E-state index contributed by atoms with van der Waals surface area (Å²) in [4.78, 5) is 0. The van der Waals surface area contributed by atoms with Gasteiger partial charge in [-0.05, 0) is 32.0 Å². The third-order valence-electron chi connectivity index (χ3n) is 2.62. The van der Waals surface area contributed by atoms with Gasteiger partial charge >= 0.3 is 0 Å². The Morgan fingerprint density at radius 1 is 1.00 bits per heavy atom. The van der Waals surface area contributed by atoms with Crippen molar-refractivity contribution in [2.24, 2.45) is 0 Å². The molecule has 0 atom stereocenters. The summed E-state index contributed by atoms with van der Waals surface area (Å²) in [6.45, 7) is 7.55. The Balaban J connectivity index is 2.13. The lowest BCUT2D eigenvalue weighted by molar-refractivity contribution is 0.306. The first-order valence-electron chi connectivity index (χ1n) is 6.93. The summed E-state index contributed by atoms with van der Waals surface area (Å²) in [5, 5.41) is 3.37. The topological polar surface area (TPSA) is 30.5 Å². The molecule has 0 aromatic heterocycles. The van der Waals surface area contributed by atoms with Gasteiger partial charge in [0.25, 0.3) is 0 Å². The van der Waals surface area contributed by atoms with Crippen molar-refractivity contribution >= 4 is 0 Å². The molecule has 1 aromatic rings. The Kier molecular flexibility index (Phi) is 8.06. The highest BCUT2D eigenvalue weighted by Gasteiger charge is 1.97. The fraction of sp³-hybridized carbons (Fsp3) is 0.600. The van der Waals surface area contributed by atoms with Crippen LogP contribution in [0, 0.1) is 0 Å². The summed E-state index contributed by atoms with van der Waals surface area (Å²) >= 11 is 0. The third kappa shape index (κ3) is 6.50. The molecule has 0 fully saturated rings. The van der Waals surface area contributed by atoms with Gasteiger partial charge in [0.2, 0.25) is 0 Å². The van der Waals surface area contributed by atoms with E-state index < -0.39 is 0 Å². The highest BCUT2D eigenvalue weighted by Crippen LogP contribution is 2.18. The molecule has 0 heterocycles. The van der Waals surface area contributed by atoms with Crippen LogP contribution in [0.4, 0.5) is 0 Å². The van der Waals surface area contributed by atoms with Crippen LogP contribution >= 0.6 is 0 Å². The van der Waals surface area contributed by atoms with Crippen molar-refractivity contribution in [3.8, 4) is 11.5 Å². The maximum atomic E-state index is 5.66. The first-order valence-corrected chi connectivity index (χ1v) is 6.93. The lowest BCUT2D eigenvalue weighted by Crippen LogP contribution is -2.22. The summed E-state index contributed by atoms with van der Waals surface area (Å²) in [7, 11) is 0. The highest BCUT2D eigenvalue weighted by molar-refractivity contribution is 5.32. The van der Waals surface area contributed by atoms with E-state index in [2.05, 4.69) is 12.2 Å². The van der Waals surface area contributed by atoms with Gasteiger partial charge in [0.15, 0.2) is 0 Å². The Bertz CT molecular complexity index is 315. The molecular formula is C15H25NO2. The SMILES string of the molecule is CCCCCNCCOc1cccc(OCC)c1. The van der Waals surface area contributed by atoms with E-state index in [1.54, 1.807) is 0 Å². The number of hydrogen-bond acceptors (Lipinski definition) is 3. The van der Waals surface area contributed by atoms with Gasteiger partial charge in [0, 0.05) is 12.6 Å². The molecule has 0 amide bonds. The van der Waals surface area contributed by atoms with Crippen molar-refractivity contribution in [1.82, 2.24) is 5.32 Å². The summed E-state index contributed by atoms with van der Waals surface area (Å²) < 4.78 is 11.1. The van der Waals surface area contributed by atoms with Crippen LogP contribution in [-0.2, 0) is 0 Å². The maximum absolute atomic E-state index is 5.66. The molecule has 1 rings (SSSR count). The number of ether oxygens (including phenoxy) is 2. The second-order valence-electron chi connectivity index (χ2n) is 4.21. The molecule has 3 heteroatoms. The number of rotatable bonds is 10. The second-order valence-corrected chi connectivity index (χ2v) is 4.21. The van der Waals surface area contributed by atoms with E-state index in [1.165, 1.54) is 19.3 Å². The van der Waals surface area contributed by atoms with Crippen LogP contribution in [0.15, 0.2) is 24.3 Å². The average Bonchev–Trinajstić information content (AvgIpc) is 2.39. The van der Waals surface area contributed by atoms with Crippen LogP contribution in [0.1, 0.15) is 33.1 Å². The van der Waals surface area contributed by atoms with Crippen molar-refractivity contribution in [3.05, 3.63) is 24.3 Å². The molecule has 0 aliphatic heterocycles. The lowest BCUT2D eigenvalue weighted by atomic mass is 10.2. The second kappa shape index (κ2) is 9.77. The zero-order valence-corrected chi connectivity index (χ0v) is 11.6. The molecule has 3 nitrogen and oxygen atoms in total. The summed E-state index contributed by atoms with van der Waals surface area (Å²) in [6.07, 6.45) is 3.81. The first-order chi connectivity index (χ1) is 8.86. The summed E-state index contributed by atoms with van der Waals surface area (Å²) in [5.41, 5.74) is 0. The predicted molar refractivity (Wildman–Crippen MR) is 75.5 cm³/mol. The molecule has 0 spiro atoms. The van der Waals surface area contributed by atoms with E-state index in [-0.39, 0.29) is 0 Å². The monoisotopic (exact) mass is 251 g/mol. The van der Waals surface area contributed by atoms with Crippen LogP contribution in [0.2, 0.25) is 0 Å². The minimum atomic E-state index is 0.683. The summed E-state index contributed by atoms with van der Waals surface area (Å²) in [6, 6.07) is 7.79. The van der Waals surface area contributed by atoms with E-state index in [0.29, 0.717) is 13.2 Å². The van der Waals surface area contributed by atoms with E-state index >= 15 is 0 Å². The van der Waals surface area contributed by atoms with Crippen molar-refractivity contribution in [3.63, 3.8) is 0 Å². The molecule has 0 unspecified atom stereocenters. The quantitative estimate of drug-likeness (QED) is 0.648. The van der Waals surface area contributed by atoms with Crippen LogP contribution in [0.3, 0.4) is 0 Å². The van der Waals surface area contributed by atoms with E-state index in [4.69, 9.17) is 9.47 Å². The molecule has 0 radical (unpaired) electrons. The van der Waals surface area contributed by atoms with Gasteiger partial charge in [-0.2, -0.15) is 0 Å². The van der Waals surface area contributed by atoms with E-state index in [1.807, 2.05) is 31.2 Å². The molecular weight excluding hydrogens is 226 g/mol. The first kappa shape index (κ1) is 14.8. The molecule has 0 aliphatic rings. The normalized spacial score (nSPS) is 10.3. The van der Waals surface area contributed by atoms with Crippen molar-refractivity contribution in [2.75, 3.05) is 26.3 Å². The molecule has 0 aliphatic carbocycles. The standard InChI is InChI=1S/C15H25NO2/c1-3-5-6-10-16-11-12-18-15-9-7-8-14(13-15)17-4-2/h7-9,13,16H,3-6,10-12H2,1-2H3. The Morgan fingerprint density at radius 2 is 1.78 bits per heavy atom. The fourth-order valence-corrected chi connectivity index (χ4v) is 1.69. The average molecular weight is 251 g/mol. The van der Waals surface area contributed by atoms with E-state index in [9.17, 15) is 0 Å². The molecule has 0 saturated carbocycles. The van der Waals surface area contributed by atoms with E-state index in [0.717, 1.165) is 24.6 Å². The van der Waals surface area contributed by atoms with Gasteiger partial charge < -0.3 is 14.8 Å². The van der Waals surface area contributed by atoms with Gasteiger partial charge in [0.1, 0.15) is 18.1 Å². The summed E-state index contributed by atoms with van der Waals surface area (Å²) in [5.74, 6) is 1.74. The molecule has 1 N–H and O–H groups in total. The Morgan fingerprint density at radius 3 is 2.50 bits per heavy atom. The van der Waals surface area contributed by atoms with Crippen molar-refractivity contribution in [1.29, 1.82) is 0 Å². The minimum Gasteiger partial charge on any atom is -0.494 e. The Hall–Kier alpha value is -1.22. The van der Waals surface area contributed by atoms with Crippen molar-refractivity contribution < 1.29 is 9.47 Å². The van der Waals surface area contributed by atoms with Crippen LogP contribution < -0.4 is 14.8 Å². The van der Waals surface area contributed by atoms with Crippen LogP contribution in [-0.4, -0.2) is 26.3 Å². The van der Waals surface area contributed by atoms with Gasteiger partial charge in [-0.15, -0.1) is 0 Å². The molecule has 1 aromatic carbocycles. The molecule has 0 saturated heterocycles. The van der Waals surface area contributed by atoms with Crippen LogP contribution in [0.25, 0.3) is 0 Å².